The number of hydrogen-bond donors (Lipinski definition) is 0. The highest BCUT2D eigenvalue weighted by molar-refractivity contribution is 5.90. The Labute approximate surface area is 160 Å². The van der Waals surface area contributed by atoms with E-state index in [0.29, 0.717) is 22.6 Å². The number of carbonyl (C=O) groups excluding carboxylic acids is 1. The molecular weight excluding hydrogens is 361 g/mol. The van der Waals surface area contributed by atoms with Crippen LogP contribution in [0.25, 0.3) is 28.2 Å². The van der Waals surface area contributed by atoms with E-state index >= 15 is 0 Å². The van der Waals surface area contributed by atoms with Gasteiger partial charge < -0.3 is 9.47 Å². The summed E-state index contributed by atoms with van der Waals surface area (Å²) < 4.78 is 24.7. The Morgan fingerprint density at radius 1 is 0.929 bits per heavy atom. The van der Waals surface area contributed by atoms with Crippen LogP contribution in [-0.4, -0.2) is 34.8 Å². The van der Waals surface area contributed by atoms with Gasteiger partial charge in [0, 0.05) is 17.2 Å². The first-order valence-corrected chi connectivity index (χ1v) is 8.48. The second-order valence-electron chi connectivity index (χ2n) is 6.05. The summed E-state index contributed by atoms with van der Waals surface area (Å²) in [6.07, 6.45) is 0. The van der Waals surface area contributed by atoms with Gasteiger partial charge in [0.2, 0.25) is 0 Å². The molecule has 0 aliphatic carbocycles. The highest BCUT2D eigenvalue weighted by atomic mass is 19.1. The second kappa shape index (κ2) is 7.11. The molecule has 0 spiro atoms. The molecule has 0 radical (unpaired) electrons. The van der Waals surface area contributed by atoms with E-state index in [0.717, 1.165) is 11.3 Å². The van der Waals surface area contributed by atoms with Crippen molar-refractivity contribution in [2.75, 3.05) is 14.2 Å². The molecule has 0 saturated heterocycles. The summed E-state index contributed by atoms with van der Waals surface area (Å²) in [5.41, 5.74) is 3.43. The van der Waals surface area contributed by atoms with E-state index in [1.165, 1.54) is 23.8 Å². The Kier molecular flexibility index (Phi) is 4.49. The SMILES string of the molecule is COC(=O)c1cc(-c2ccc(OC)cc2)nc2cc(-c3ccc(F)cc3)nn12. The van der Waals surface area contributed by atoms with Crippen LogP contribution in [0.15, 0.2) is 60.7 Å². The van der Waals surface area contributed by atoms with E-state index in [4.69, 9.17) is 9.47 Å². The Morgan fingerprint density at radius 3 is 2.21 bits per heavy atom. The molecule has 140 valence electrons. The number of methoxy groups -OCH3 is 2. The first-order chi connectivity index (χ1) is 13.6. The van der Waals surface area contributed by atoms with Gasteiger partial charge in [-0.15, -0.1) is 0 Å². The summed E-state index contributed by atoms with van der Waals surface area (Å²) >= 11 is 0. The normalized spacial score (nSPS) is 10.8. The molecule has 0 bridgehead atoms. The van der Waals surface area contributed by atoms with Gasteiger partial charge in [-0.25, -0.2) is 18.7 Å². The number of carbonyl (C=O) groups is 1. The standard InChI is InChI=1S/C21H16FN3O3/c1-27-16-9-5-13(6-10-16)17-11-19(21(26)28-2)25-20(23-17)12-18(24-25)14-3-7-15(22)8-4-14/h3-12H,1-2H3. The van der Waals surface area contributed by atoms with Gasteiger partial charge in [-0.2, -0.15) is 5.10 Å². The zero-order valence-corrected chi connectivity index (χ0v) is 15.2. The van der Waals surface area contributed by atoms with Crippen molar-refractivity contribution < 1.29 is 18.7 Å². The lowest BCUT2D eigenvalue weighted by Gasteiger charge is -2.07. The van der Waals surface area contributed by atoms with E-state index in [1.807, 2.05) is 24.3 Å². The van der Waals surface area contributed by atoms with Crippen molar-refractivity contribution in [3.8, 4) is 28.3 Å². The predicted molar refractivity (Wildman–Crippen MR) is 102 cm³/mol. The fraction of sp³-hybridized carbons (Fsp3) is 0.0952. The molecule has 0 unspecified atom stereocenters. The van der Waals surface area contributed by atoms with Gasteiger partial charge in [-0.05, 0) is 54.6 Å². The third-order valence-electron chi connectivity index (χ3n) is 4.35. The maximum atomic E-state index is 13.2. The minimum absolute atomic E-state index is 0.242. The molecule has 0 amide bonds. The van der Waals surface area contributed by atoms with Crippen molar-refractivity contribution in [2.24, 2.45) is 0 Å². The molecule has 4 aromatic rings. The molecule has 0 atom stereocenters. The summed E-state index contributed by atoms with van der Waals surface area (Å²) in [5.74, 6) is -0.139. The van der Waals surface area contributed by atoms with Crippen molar-refractivity contribution in [1.29, 1.82) is 0 Å². The number of aromatic nitrogens is 3. The Morgan fingerprint density at radius 2 is 1.57 bits per heavy atom. The largest absolute Gasteiger partial charge is 0.497 e. The number of rotatable bonds is 4. The average molecular weight is 377 g/mol. The highest BCUT2D eigenvalue weighted by Gasteiger charge is 2.17. The number of benzene rings is 2. The summed E-state index contributed by atoms with van der Waals surface area (Å²) in [6.45, 7) is 0. The molecule has 2 aromatic carbocycles. The zero-order valence-electron chi connectivity index (χ0n) is 15.2. The first kappa shape index (κ1) is 17.7. The van der Waals surface area contributed by atoms with Crippen molar-refractivity contribution in [3.05, 3.63) is 72.2 Å². The molecular formula is C21H16FN3O3. The molecule has 4 rings (SSSR count). The summed E-state index contributed by atoms with van der Waals surface area (Å²) in [6, 6.07) is 16.7. The molecule has 28 heavy (non-hydrogen) atoms. The lowest BCUT2D eigenvalue weighted by molar-refractivity contribution is 0.0590. The first-order valence-electron chi connectivity index (χ1n) is 8.48. The average Bonchev–Trinajstić information content (AvgIpc) is 3.17. The summed E-state index contributed by atoms with van der Waals surface area (Å²) in [4.78, 5) is 16.9. The molecule has 0 aliphatic heterocycles. The number of halogens is 1. The molecule has 0 aliphatic rings. The summed E-state index contributed by atoms with van der Waals surface area (Å²) in [5, 5.41) is 4.45. The van der Waals surface area contributed by atoms with Crippen LogP contribution in [0.3, 0.4) is 0 Å². The number of ether oxygens (including phenoxy) is 2. The van der Waals surface area contributed by atoms with Crippen LogP contribution in [0, 0.1) is 5.82 Å². The molecule has 2 heterocycles. The molecule has 0 saturated carbocycles. The highest BCUT2D eigenvalue weighted by Crippen LogP contribution is 2.25. The van der Waals surface area contributed by atoms with Crippen LogP contribution in [-0.2, 0) is 4.74 Å². The number of hydrogen-bond acceptors (Lipinski definition) is 5. The monoisotopic (exact) mass is 377 g/mol. The lowest BCUT2D eigenvalue weighted by atomic mass is 10.1. The van der Waals surface area contributed by atoms with Crippen molar-refractivity contribution in [2.45, 2.75) is 0 Å². The smallest absolute Gasteiger partial charge is 0.356 e. The molecule has 6 nitrogen and oxygen atoms in total. The Hall–Kier alpha value is -3.74. The van der Waals surface area contributed by atoms with Gasteiger partial charge in [-0.3, -0.25) is 0 Å². The fourth-order valence-corrected chi connectivity index (χ4v) is 2.90. The fourth-order valence-electron chi connectivity index (χ4n) is 2.90. The summed E-state index contributed by atoms with van der Waals surface area (Å²) in [7, 11) is 2.91. The topological polar surface area (TPSA) is 65.7 Å². The van der Waals surface area contributed by atoms with Crippen molar-refractivity contribution in [1.82, 2.24) is 14.6 Å². The number of fused-ring (bicyclic) bond motifs is 1. The van der Waals surface area contributed by atoms with Gasteiger partial charge in [0.1, 0.15) is 11.6 Å². The molecule has 0 fully saturated rings. The second-order valence-corrected chi connectivity index (χ2v) is 6.05. The molecule has 7 heteroatoms. The van der Waals surface area contributed by atoms with E-state index < -0.39 is 5.97 Å². The quantitative estimate of drug-likeness (QED) is 0.503. The third-order valence-corrected chi connectivity index (χ3v) is 4.35. The van der Waals surface area contributed by atoms with Crippen LogP contribution in [0.5, 0.6) is 5.75 Å². The maximum absolute atomic E-state index is 13.2. The van der Waals surface area contributed by atoms with E-state index in [2.05, 4.69) is 10.1 Å². The minimum atomic E-state index is -0.532. The van der Waals surface area contributed by atoms with Gasteiger partial charge in [0.05, 0.1) is 25.6 Å². The van der Waals surface area contributed by atoms with E-state index in [-0.39, 0.29) is 11.5 Å². The Balaban J connectivity index is 1.88. The number of nitrogens with zero attached hydrogens (tertiary/aromatic N) is 3. The zero-order chi connectivity index (χ0) is 19.7. The van der Waals surface area contributed by atoms with Crippen LogP contribution >= 0.6 is 0 Å². The van der Waals surface area contributed by atoms with Gasteiger partial charge in [0.25, 0.3) is 0 Å². The van der Waals surface area contributed by atoms with Crippen LogP contribution in [0.4, 0.5) is 4.39 Å². The van der Waals surface area contributed by atoms with Gasteiger partial charge in [0.15, 0.2) is 11.3 Å². The predicted octanol–water partition coefficient (Wildman–Crippen LogP) is 4.00. The molecule has 2 aromatic heterocycles. The van der Waals surface area contributed by atoms with E-state index in [9.17, 15) is 9.18 Å². The van der Waals surface area contributed by atoms with Crippen LogP contribution < -0.4 is 4.74 Å². The van der Waals surface area contributed by atoms with Crippen molar-refractivity contribution >= 4 is 11.6 Å². The van der Waals surface area contributed by atoms with Crippen LogP contribution in [0.1, 0.15) is 10.5 Å². The minimum Gasteiger partial charge on any atom is -0.497 e. The van der Waals surface area contributed by atoms with Crippen LogP contribution in [0.2, 0.25) is 0 Å². The van der Waals surface area contributed by atoms with Crippen molar-refractivity contribution in [3.63, 3.8) is 0 Å². The number of esters is 1. The van der Waals surface area contributed by atoms with Gasteiger partial charge >= 0.3 is 5.97 Å². The molecule has 0 N–H and O–H groups in total. The maximum Gasteiger partial charge on any atom is 0.356 e. The van der Waals surface area contributed by atoms with E-state index in [1.54, 1.807) is 31.4 Å². The Bertz CT molecular complexity index is 1150. The lowest BCUT2D eigenvalue weighted by Crippen LogP contribution is -2.10. The van der Waals surface area contributed by atoms with Gasteiger partial charge in [-0.1, -0.05) is 0 Å². The third kappa shape index (κ3) is 3.18.